The first-order valence-corrected chi connectivity index (χ1v) is 6.67. The second kappa shape index (κ2) is 5.94. The van der Waals surface area contributed by atoms with Crippen molar-refractivity contribution in [2.75, 3.05) is 18.6 Å². The summed E-state index contributed by atoms with van der Waals surface area (Å²) in [5.74, 6) is 0.704. The Morgan fingerprint density at radius 2 is 2.26 bits per heavy atom. The molecule has 0 heterocycles. The van der Waals surface area contributed by atoms with Crippen molar-refractivity contribution in [3.05, 3.63) is 23.8 Å². The van der Waals surface area contributed by atoms with E-state index in [9.17, 15) is 5.11 Å². The van der Waals surface area contributed by atoms with Crippen LogP contribution in [0.15, 0.2) is 18.2 Å². The Labute approximate surface area is 114 Å². The number of ether oxygens (including phenoxy) is 1. The Hall–Kier alpha value is -1.73. The summed E-state index contributed by atoms with van der Waals surface area (Å²) in [4.78, 5) is 2.23. The maximum absolute atomic E-state index is 10.0. The van der Waals surface area contributed by atoms with Crippen LogP contribution in [0.25, 0.3) is 0 Å². The van der Waals surface area contributed by atoms with Crippen molar-refractivity contribution in [1.82, 2.24) is 0 Å². The van der Waals surface area contributed by atoms with Gasteiger partial charge in [0.2, 0.25) is 0 Å². The first-order valence-electron chi connectivity index (χ1n) is 6.67. The van der Waals surface area contributed by atoms with Crippen molar-refractivity contribution in [2.24, 2.45) is 0 Å². The second-order valence-electron chi connectivity index (χ2n) is 4.90. The zero-order valence-corrected chi connectivity index (χ0v) is 11.5. The van der Waals surface area contributed by atoms with E-state index in [-0.39, 0.29) is 0 Å². The van der Waals surface area contributed by atoms with Crippen LogP contribution in [0.2, 0.25) is 0 Å². The van der Waals surface area contributed by atoms with Crippen LogP contribution in [0.3, 0.4) is 0 Å². The fourth-order valence-corrected chi connectivity index (χ4v) is 2.44. The van der Waals surface area contributed by atoms with Crippen molar-refractivity contribution >= 4 is 5.69 Å². The normalized spacial score (nSPS) is 15.7. The topological polar surface area (TPSA) is 56.5 Å². The third-order valence-corrected chi connectivity index (χ3v) is 3.44. The number of rotatable bonds is 6. The lowest BCUT2D eigenvalue weighted by atomic mass is 10.1. The summed E-state index contributed by atoms with van der Waals surface area (Å²) in [6.45, 7) is 2.45. The monoisotopic (exact) mass is 260 g/mol. The molecule has 19 heavy (non-hydrogen) atoms. The van der Waals surface area contributed by atoms with E-state index in [1.54, 1.807) is 14.0 Å². The molecule has 1 atom stereocenters. The molecule has 0 unspecified atom stereocenters. The summed E-state index contributed by atoms with van der Waals surface area (Å²) in [5, 5.41) is 18.8. The first-order chi connectivity index (χ1) is 9.19. The van der Waals surface area contributed by atoms with Crippen LogP contribution in [0, 0.1) is 11.3 Å². The summed E-state index contributed by atoms with van der Waals surface area (Å²) in [6.07, 6.45) is 2.21. The van der Waals surface area contributed by atoms with E-state index in [2.05, 4.69) is 11.0 Å². The highest BCUT2D eigenvalue weighted by Crippen LogP contribution is 2.39. The number of methoxy groups -OCH3 is 1. The van der Waals surface area contributed by atoms with Gasteiger partial charge in [-0.3, -0.25) is 0 Å². The number of nitriles is 1. The molecular weight excluding hydrogens is 240 g/mol. The number of aliphatic hydroxyl groups excluding tert-OH is 1. The molecule has 1 aliphatic rings. The molecule has 102 valence electrons. The van der Waals surface area contributed by atoms with Crippen LogP contribution in [0.4, 0.5) is 5.69 Å². The van der Waals surface area contributed by atoms with Crippen LogP contribution in [0.1, 0.15) is 37.9 Å². The minimum atomic E-state index is -0.588. The maximum atomic E-state index is 10.0. The maximum Gasteiger partial charge on any atom is 0.126 e. The highest BCUT2D eigenvalue weighted by Gasteiger charge is 2.31. The predicted molar refractivity (Wildman–Crippen MR) is 74.2 cm³/mol. The third kappa shape index (κ3) is 2.99. The number of nitrogens with zero attached hydrogens (tertiary/aromatic N) is 2. The molecule has 1 N–H and O–H groups in total. The van der Waals surface area contributed by atoms with Gasteiger partial charge in [-0.25, -0.2) is 0 Å². The number of benzene rings is 1. The molecule has 0 amide bonds. The Kier molecular flexibility index (Phi) is 4.28. The molecule has 1 aromatic rings. The summed E-state index contributed by atoms with van der Waals surface area (Å²) < 4.78 is 5.35. The van der Waals surface area contributed by atoms with E-state index in [1.165, 1.54) is 0 Å². The van der Waals surface area contributed by atoms with Crippen molar-refractivity contribution in [1.29, 1.82) is 5.26 Å². The van der Waals surface area contributed by atoms with Gasteiger partial charge in [-0.05, 0) is 31.9 Å². The SMILES string of the molecule is COc1cccc(N(CCC#N)C2CC2)c1[C@@H](C)O. The fraction of sp³-hybridized carbons (Fsp3) is 0.533. The molecular formula is C15H20N2O2. The Morgan fingerprint density at radius 3 is 2.79 bits per heavy atom. The Morgan fingerprint density at radius 1 is 1.53 bits per heavy atom. The standard InChI is InChI=1S/C15H20N2O2/c1-11(18)15-13(5-3-6-14(15)19-2)17(10-4-9-16)12-7-8-12/h3,5-6,11-12,18H,4,7-8,10H2,1-2H3/t11-/m1/s1. The lowest BCUT2D eigenvalue weighted by Gasteiger charge is -2.28. The highest BCUT2D eigenvalue weighted by molar-refractivity contribution is 5.61. The lowest BCUT2D eigenvalue weighted by Crippen LogP contribution is -2.28. The van der Waals surface area contributed by atoms with Gasteiger partial charge in [0.25, 0.3) is 0 Å². The molecule has 0 spiro atoms. The van der Waals surface area contributed by atoms with Crippen molar-refractivity contribution < 1.29 is 9.84 Å². The first kappa shape index (κ1) is 13.7. The Bertz CT molecular complexity index is 476. The van der Waals surface area contributed by atoms with E-state index in [1.807, 2.05) is 18.2 Å². The van der Waals surface area contributed by atoms with Gasteiger partial charge in [0.05, 0.1) is 25.7 Å². The van der Waals surface area contributed by atoms with E-state index >= 15 is 0 Å². The van der Waals surface area contributed by atoms with Gasteiger partial charge in [-0.2, -0.15) is 5.26 Å². The van der Waals surface area contributed by atoms with Gasteiger partial charge in [-0.1, -0.05) is 6.07 Å². The number of aliphatic hydroxyl groups is 1. The molecule has 1 aromatic carbocycles. The quantitative estimate of drug-likeness (QED) is 0.854. The molecule has 4 nitrogen and oxygen atoms in total. The van der Waals surface area contributed by atoms with Crippen molar-refractivity contribution in [3.63, 3.8) is 0 Å². The molecule has 0 aromatic heterocycles. The van der Waals surface area contributed by atoms with Crippen LogP contribution in [-0.2, 0) is 0 Å². The number of anilines is 1. The van der Waals surface area contributed by atoms with Gasteiger partial charge in [0.15, 0.2) is 0 Å². The van der Waals surface area contributed by atoms with E-state index in [4.69, 9.17) is 10.00 Å². The molecule has 1 aliphatic carbocycles. The minimum absolute atomic E-state index is 0.493. The molecule has 0 saturated heterocycles. The van der Waals surface area contributed by atoms with Crippen LogP contribution in [-0.4, -0.2) is 24.8 Å². The van der Waals surface area contributed by atoms with Gasteiger partial charge in [0.1, 0.15) is 5.75 Å². The van der Waals surface area contributed by atoms with Gasteiger partial charge < -0.3 is 14.7 Å². The zero-order chi connectivity index (χ0) is 13.8. The highest BCUT2D eigenvalue weighted by atomic mass is 16.5. The van der Waals surface area contributed by atoms with Crippen LogP contribution < -0.4 is 9.64 Å². The largest absolute Gasteiger partial charge is 0.496 e. The molecule has 4 heteroatoms. The average molecular weight is 260 g/mol. The average Bonchev–Trinajstić information content (AvgIpc) is 3.23. The predicted octanol–water partition coefficient (Wildman–Crippen LogP) is 2.63. The molecule has 2 rings (SSSR count). The van der Waals surface area contributed by atoms with E-state index < -0.39 is 6.10 Å². The summed E-state index contributed by atoms with van der Waals surface area (Å²) >= 11 is 0. The zero-order valence-electron chi connectivity index (χ0n) is 11.5. The van der Waals surface area contributed by atoms with Gasteiger partial charge >= 0.3 is 0 Å². The number of hydrogen-bond acceptors (Lipinski definition) is 4. The summed E-state index contributed by atoms with van der Waals surface area (Å²) in [6, 6.07) is 8.49. The van der Waals surface area contributed by atoms with Gasteiger partial charge in [0, 0.05) is 23.8 Å². The fourth-order valence-electron chi connectivity index (χ4n) is 2.44. The second-order valence-corrected chi connectivity index (χ2v) is 4.90. The van der Waals surface area contributed by atoms with E-state index in [0.29, 0.717) is 24.8 Å². The van der Waals surface area contributed by atoms with E-state index in [0.717, 1.165) is 24.1 Å². The smallest absolute Gasteiger partial charge is 0.126 e. The summed E-state index contributed by atoms with van der Waals surface area (Å²) in [7, 11) is 1.61. The molecule has 0 radical (unpaired) electrons. The minimum Gasteiger partial charge on any atom is -0.496 e. The Balaban J connectivity index is 2.38. The third-order valence-electron chi connectivity index (χ3n) is 3.44. The summed E-state index contributed by atoms with van der Waals surface area (Å²) in [5.41, 5.74) is 1.81. The lowest BCUT2D eigenvalue weighted by molar-refractivity contribution is 0.194. The molecule has 1 saturated carbocycles. The van der Waals surface area contributed by atoms with Gasteiger partial charge in [-0.15, -0.1) is 0 Å². The molecule has 1 fully saturated rings. The van der Waals surface area contributed by atoms with Crippen LogP contribution in [0.5, 0.6) is 5.75 Å². The van der Waals surface area contributed by atoms with Crippen molar-refractivity contribution in [2.45, 2.75) is 38.3 Å². The molecule has 0 bridgehead atoms. The van der Waals surface area contributed by atoms with Crippen molar-refractivity contribution in [3.8, 4) is 11.8 Å². The van der Waals surface area contributed by atoms with Crippen LogP contribution >= 0.6 is 0 Å². The molecule has 0 aliphatic heterocycles. The number of hydrogen-bond donors (Lipinski definition) is 1.